The van der Waals surface area contributed by atoms with Crippen LogP contribution in [0.25, 0.3) is 0 Å². The van der Waals surface area contributed by atoms with Gasteiger partial charge in [-0.2, -0.15) is 0 Å². The highest BCUT2D eigenvalue weighted by Gasteiger charge is 2.45. The second-order valence-corrected chi connectivity index (χ2v) is 7.33. The molecule has 1 aliphatic heterocycles. The zero-order valence-corrected chi connectivity index (χ0v) is 14.3. The molecule has 1 N–H and O–H groups in total. The van der Waals surface area contributed by atoms with Crippen LogP contribution in [0.2, 0.25) is 0 Å². The van der Waals surface area contributed by atoms with Crippen LogP contribution in [0.15, 0.2) is 53.4 Å². The van der Waals surface area contributed by atoms with Crippen LogP contribution in [0.1, 0.15) is 17.3 Å². The molecule has 1 heterocycles. The summed E-state index contributed by atoms with van der Waals surface area (Å²) in [6.07, 6.45) is 0. The van der Waals surface area contributed by atoms with E-state index in [4.69, 9.17) is 0 Å². The van der Waals surface area contributed by atoms with Crippen molar-refractivity contribution < 1.29 is 22.9 Å². The Labute approximate surface area is 148 Å². The SMILES string of the molecule is C[C@@H](C(=O)Nc1ccccc1[N+](=O)[O-])N1C(=O)c2ccccc2S1(=O)=O. The van der Waals surface area contributed by atoms with E-state index in [1.165, 1.54) is 55.5 Å². The lowest BCUT2D eigenvalue weighted by Gasteiger charge is -2.22. The van der Waals surface area contributed by atoms with E-state index in [2.05, 4.69) is 5.32 Å². The number of hydrogen-bond donors (Lipinski definition) is 1. The second kappa shape index (κ2) is 6.23. The predicted molar refractivity (Wildman–Crippen MR) is 91.0 cm³/mol. The lowest BCUT2D eigenvalue weighted by molar-refractivity contribution is -0.383. The number of amides is 2. The van der Waals surface area contributed by atoms with Crippen LogP contribution >= 0.6 is 0 Å². The number of fused-ring (bicyclic) bond motifs is 1. The summed E-state index contributed by atoms with van der Waals surface area (Å²) < 4.78 is 25.7. The van der Waals surface area contributed by atoms with E-state index < -0.39 is 32.8 Å². The van der Waals surface area contributed by atoms with Gasteiger partial charge in [0.2, 0.25) is 5.91 Å². The van der Waals surface area contributed by atoms with Crippen molar-refractivity contribution in [3.05, 3.63) is 64.2 Å². The van der Waals surface area contributed by atoms with Gasteiger partial charge in [0.15, 0.2) is 0 Å². The van der Waals surface area contributed by atoms with Gasteiger partial charge in [-0.15, -0.1) is 0 Å². The number of anilines is 1. The number of nitrogens with zero attached hydrogens (tertiary/aromatic N) is 2. The van der Waals surface area contributed by atoms with Crippen molar-refractivity contribution in [1.29, 1.82) is 0 Å². The number of nitrogens with one attached hydrogen (secondary N) is 1. The first-order valence-corrected chi connectivity index (χ1v) is 8.91. The molecule has 0 fully saturated rings. The first-order chi connectivity index (χ1) is 12.2. The molecule has 1 atom stereocenters. The van der Waals surface area contributed by atoms with Crippen LogP contribution in [-0.4, -0.2) is 35.5 Å². The maximum Gasteiger partial charge on any atom is 0.292 e. The normalized spacial score (nSPS) is 16.0. The number of nitro benzene ring substituents is 1. The minimum atomic E-state index is -4.17. The van der Waals surface area contributed by atoms with Gasteiger partial charge < -0.3 is 5.32 Å². The van der Waals surface area contributed by atoms with Crippen LogP contribution in [0.5, 0.6) is 0 Å². The fraction of sp³-hybridized carbons (Fsp3) is 0.125. The number of rotatable bonds is 4. The summed E-state index contributed by atoms with van der Waals surface area (Å²) in [6.45, 7) is 1.24. The lowest BCUT2D eigenvalue weighted by Crippen LogP contribution is -2.45. The molecule has 10 heteroatoms. The number of nitro groups is 1. The summed E-state index contributed by atoms with van der Waals surface area (Å²) in [5.74, 6) is -1.67. The molecule has 0 aromatic heterocycles. The maximum atomic E-state index is 12.6. The van der Waals surface area contributed by atoms with Gasteiger partial charge in [-0.3, -0.25) is 19.7 Å². The van der Waals surface area contributed by atoms with Gasteiger partial charge in [0.05, 0.1) is 10.5 Å². The quantitative estimate of drug-likeness (QED) is 0.641. The highest BCUT2D eigenvalue weighted by Crippen LogP contribution is 2.32. The first kappa shape index (κ1) is 17.5. The lowest BCUT2D eigenvalue weighted by atomic mass is 10.2. The summed E-state index contributed by atoms with van der Waals surface area (Å²) in [6, 6.07) is 9.70. The molecule has 0 saturated carbocycles. The van der Waals surface area contributed by atoms with Crippen LogP contribution in [0.4, 0.5) is 11.4 Å². The second-order valence-electron chi connectivity index (χ2n) is 5.54. The molecule has 3 rings (SSSR count). The Hall–Kier alpha value is -3.27. The van der Waals surface area contributed by atoms with Crippen LogP contribution in [-0.2, 0) is 14.8 Å². The maximum absolute atomic E-state index is 12.6. The van der Waals surface area contributed by atoms with Crippen molar-refractivity contribution in [2.45, 2.75) is 17.9 Å². The summed E-state index contributed by atoms with van der Waals surface area (Å²) in [5.41, 5.74) is -0.444. The van der Waals surface area contributed by atoms with Gasteiger partial charge in [0.25, 0.3) is 21.6 Å². The number of sulfonamides is 1. The molecule has 26 heavy (non-hydrogen) atoms. The number of benzene rings is 2. The van der Waals surface area contributed by atoms with Crippen LogP contribution in [0, 0.1) is 10.1 Å². The van der Waals surface area contributed by atoms with Crippen LogP contribution < -0.4 is 5.32 Å². The van der Waals surface area contributed by atoms with Gasteiger partial charge in [0.1, 0.15) is 16.6 Å². The van der Waals surface area contributed by atoms with Crippen LogP contribution in [0.3, 0.4) is 0 Å². The molecule has 1 aliphatic rings. The van der Waals surface area contributed by atoms with Gasteiger partial charge in [-0.25, -0.2) is 12.7 Å². The molecule has 0 radical (unpaired) electrons. The predicted octanol–water partition coefficient (Wildman–Crippen LogP) is 1.77. The molecule has 0 unspecified atom stereocenters. The Morgan fingerprint density at radius 2 is 1.77 bits per heavy atom. The zero-order chi connectivity index (χ0) is 19.1. The Balaban J connectivity index is 1.91. The van der Waals surface area contributed by atoms with Gasteiger partial charge in [0, 0.05) is 6.07 Å². The largest absolute Gasteiger partial charge is 0.319 e. The van der Waals surface area contributed by atoms with E-state index in [0.717, 1.165) is 0 Å². The van der Waals surface area contributed by atoms with Crippen molar-refractivity contribution in [1.82, 2.24) is 4.31 Å². The third-order valence-electron chi connectivity index (χ3n) is 3.94. The third kappa shape index (κ3) is 2.69. The molecule has 2 amide bonds. The van der Waals surface area contributed by atoms with E-state index in [1.54, 1.807) is 0 Å². The average Bonchev–Trinajstić information content (AvgIpc) is 2.81. The zero-order valence-electron chi connectivity index (χ0n) is 13.4. The van der Waals surface area contributed by atoms with E-state index in [0.29, 0.717) is 4.31 Å². The van der Waals surface area contributed by atoms with Gasteiger partial charge in [-0.1, -0.05) is 24.3 Å². The molecule has 2 aromatic carbocycles. The highest BCUT2D eigenvalue weighted by molar-refractivity contribution is 7.90. The topological polar surface area (TPSA) is 127 Å². The fourth-order valence-corrected chi connectivity index (χ4v) is 4.39. The summed E-state index contributed by atoms with van der Waals surface area (Å²) in [4.78, 5) is 35.1. The summed E-state index contributed by atoms with van der Waals surface area (Å²) >= 11 is 0. The molecule has 9 nitrogen and oxygen atoms in total. The molecule has 134 valence electrons. The Kier molecular flexibility index (Phi) is 4.20. The third-order valence-corrected chi connectivity index (χ3v) is 5.86. The Morgan fingerprint density at radius 1 is 1.15 bits per heavy atom. The number of carbonyl (C=O) groups excluding carboxylic acids is 2. The minimum Gasteiger partial charge on any atom is -0.319 e. The number of para-hydroxylation sites is 2. The smallest absolute Gasteiger partial charge is 0.292 e. The molecular weight excluding hydrogens is 362 g/mol. The van der Waals surface area contributed by atoms with Crippen molar-refractivity contribution >= 4 is 33.2 Å². The molecule has 2 aromatic rings. The van der Waals surface area contributed by atoms with Crippen molar-refractivity contribution in [3.63, 3.8) is 0 Å². The van der Waals surface area contributed by atoms with Crippen molar-refractivity contribution in [2.24, 2.45) is 0 Å². The molecule has 0 bridgehead atoms. The van der Waals surface area contributed by atoms with Crippen molar-refractivity contribution in [3.8, 4) is 0 Å². The first-order valence-electron chi connectivity index (χ1n) is 7.47. The van der Waals surface area contributed by atoms with Crippen molar-refractivity contribution in [2.75, 3.05) is 5.32 Å². The van der Waals surface area contributed by atoms with E-state index in [9.17, 15) is 28.1 Å². The average molecular weight is 375 g/mol. The highest BCUT2D eigenvalue weighted by atomic mass is 32.2. The molecule has 0 saturated heterocycles. The molecule has 0 aliphatic carbocycles. The summed E-state index contributed by atoms with van der Waals surface area (Å²) in [5, 5.41) is 13.3. The standard InChI is InChI=1S/C16H13N3O6S/c1-10(15(20)17-12-7-3-4-8-13(12)19(22)23)18-16(21)11-6-2-5-9-14(11)26(18,24)25/h2-10H,1H3,(H,17,20)/t10-/m0/s1. The number of carbonyl (C=O) groups is 2. The monoisotopic (exact) mass is 375 g/mol. The van der Waals surface area contributed by atoms with Gasteiger partial charge in [-0.05, 0) is 25.1 Å². The Morgan fingerprint density at radius 3 is 2.42 bits per heavy atom. The minimum absolute atomic E-state index is 0.0159. The van der Waals surface area contributed by atoms with E-state index in [1.807, 2.05) is 0 Å². The Bertz CT molecular complexity index is 1030. The molecular formula is C16H13N3O6S. The summed E-state index contributed by atoms with van der Waals surface area (Å²) in [7, 11) is -4.17. The van der Waals surface area contributed by atoms with Gasteiger partial charge >= 0.3 is 0 Å². The molecule has 0 spiro atoms. The van der Waals surface area contributed by atoms with E-state index in [-0.39, 0.29) is 21.8 Å². The fourth-order valence-electron chi connectivity index (χ4n) is 2.67. The van der Waals surface area contributed by atoms with E-state index >= 15 is 0 Å². The number of hydrogen-bond acceptors (Lipinski definition) is 6.